The van der Waals surface area contributed by atoms with Crippen LogP contribution in [0.5, 0.6) is 5.75 Å². The molecule has 1 saturated heterocycles. The molecule has 182 valence electrons. The first kappa shape index (κ1) is 23.3. The number of pyridine rings is 1. The molecule has 0 saturated carbocycles. The minimum absolute atomic E-state index is 0.0243. The van der Waals surface area contributed by atoms with Crippen molar-refractivity contribution in [1.29, 1.82) is 0 Å². The fourth-order valence-electron chi connectivity index (χ4n) is 4.33. The molecule has 1 fully saturated rings. The monoisotopic (exact) mass is 482 g/mol. The number of hydrogen-bond acceptors (Lipinski definition) is 6. The van der Waals surface area contributed by atoms with E-state index in [1.165, 1.54) is 4.90 Å². The Morgan fingerprint density at radius 2 is 1.94 bits per heavy atom. The highest BCUT2D eigenvalue weighted by molar-refractivity contribution is 6.51. The van der Waals surface area contributed by atoms with E-state index in [0.29, 0.717) is 34.9 Å². The van der Waals surface area contributed by atoms with Crippen LogP contribution in [-0.2, 0) is 9.59 Å². The summed E-state index contributed by atoms with van der Waals surface area (Å²) in [6, 6.07) is 15.1. The number of nitrogens with zero attached hydrogens (tertiary/aromatic N) is 3. The summed E-state index contributed by atoms with van der Waals surface area (Å²) in [6.07, 6.45) is 3.18. The van der Waals surface area contributed by atoms with Gasteiger partial charge in [0.15, 0.2) is 0 Å². The summed E-state index contributed by atoms with van der Waals surface area (Å²) in [4.78, 5) is 39.8. The SMILES string of the molecule is Cc1cc(/C(O)=C2\C(=O)C(=O)N(c3nc4ccccc4[nH]3)C2c2cccnc2)ccc1OCC(C)C. The number of aliphatic hydroxyl groups is 1. The lowest BCUT2D eigenvalue weighted by Gasteiger charge is -2.22. The first-order chi connectivity index (χ1) is 17.3. The topological polar surface area (TPSA) is 108 Å². The van der Waals surface area contributed by atoms with Crippen molar-refractivity contribution < 1.29 is 19.4 Å². The van der Waals surface area contributed by atoms with E-state index in [1.54, 1.807) is 42.7 Å². The van der Waals surface area contributed by atoms with E-state index in [4.69, 9.17) is 4.74 Å². The number of para-hydroxylation sites is 2. The average Bonchev–Trinajstić information content (AvgIpc) is 3.41. The van der Waals surface area contributed by atoms with Gasteiger partial charge in [0, 0.05) is 18.0 Å². The molecule has 0 spiro atoms. The molecule has 0 radical (unpaired) electrons. The number of ether oxygens (including phenoxy) is 1. The van der Waals surface area contributed by atoms with Crippen LogP contribution < -0.4 is 9.64 Å². The zero-order valence-electron chi connectivity index (χ0n) is 20.2. The van der Waals surface area contributed by atoms with Gasteiger partial charge in [0.25, 0.3) is 5.78 Å². The van der Waals surface area contributed by atoms with Crippen LogP contribution >= 0.6 is 0 Å². The Morgan fingerprint density at radius 3 is 2.64 bits per heavy atom. The van der Waals surface area contributed by atoms with Crippen LogP contribution in [0, 0.1) is 12.8 Å². The van der Waals surface area contributed by atoms with Crippen molar-refractivity contribution >= 4 is 34.4 Å². The Morgan fingerprint density at radius 1 is 1.14 bits per heavy atom. The van der Waals surface area contributed by atoms with Crippen molar-refractivity contribution in [2.75, 3.05) is 11.5 Å². The number of hydrogen-bond donors (Lipinski definition) is 2. The first-order valence-electron chi connectivity index (χ1n) is 11.7. The maximum atomic E-state index is 13.3. The normalized spacial score (nSPS) is 17.3. The number of benzene rings is 2. The summed E-state index contributed by atoms with van der Waals surface area (Å²) in [5.74, 6) is -0.546. The summed E-state index contributed by atoms with van der Waals surface area (Å²) in [6.45, 7) is 6.57. The van der Waals surface area contributed by atoms with Gasteiger partial charge in [-0.2, -0.15) is 0 Å². The number of imidazole rings is 1. The molecule has 2 N–H and O–H groups in total. The van der Waals surface area contributed by atoms with Crippen molar-refractivity contribution in [3.05, 3.63) is 89.3 Å². The van der Waals surface area contributed by atoms with Gasteiger partial charge >= 0.3 is 5.91 Å². The molecule has 1 unspecified atom stereocenters. The number of Topliss-reactive ketones (excluding diaryl/α,β-unsaturated/α-hetero) is 1. The summed E-state index contributed by atoms with van der Waals surface area (Å²) >= 11 is 0. The summed E-state index contributed by atoms with van der Waals surface area (Å²) in [7, 11) is 0. The number of aromatic amines is 1. The van der Waals surface area contributed by atoms with Gasteiger partial charge in [-0.15, -0.1) is 0 Å². The molecule has 1 amide bonds. The molecule has 0 aliphatic carbocycles. The number of carbonyl (C=O) groups is 2. The molecule has 0 bridgehead atoms. The predicted molar refractivity (Wildman–Crippen MR) is 137 cm³/mol. The van der Waals surface area contributed by atoms with E-state index in [1.807, 2.05) is 31.2 Å². The molecule has 36 heavy (non-hydrogen) atoms. The highest BCUT2D eigenvalue weighted by atomic mass is 16.5. The van der Waals surface area contributed by atoms with E-state index in [2.05, 4.69) is 28.8 Å². The molecule has 4 aromatic rings. The number of carbonyl (C=O) groups excluding carboxylic acids is 2. The molecule has 1 aliphatic rings. The number of rotatable bonds is 6. The Bertz CT molecular complexity index is 1460. The third-order valence-electron chi connectivity index (χ3n) is 6.07. The average molecular weight is 483 g/mol. The zero-order valence-corrected chi connectivity index (χ0v) is 20.2. The first-order valence-corrected chi connectivity index (χ1v) is 11.7. The Hall–Kier alpha value is -4.46. The number of nitrogens with one attached hydrogen (secondary N) is 1. The lowest BCUT2D eigenvalue weighted by atomic mass is 9.96. The van der Waals surface area contributed by atoms with Crippen molar-refractivity contribution in [3.8, 4) is 5.75 Å². The van der Waals surface area contributed by atoms with Gasteiger partial charge in [-0.3, -0.25) is 19.5 Å². The number of amides is 1. The lowest BCUT2D eigenvalue weighted by Crippen LogP contribution is -2.30. The van der Waals surface area contributed by atoms with E-state index in [-0.39, 0.29) is 17.3 Å². The number of fused-ring (bicyclic) bond motifs is 1. The van der Waals surface area contributed by atoms with Crippen LogP contribution in [0.1, 0.15) is 36.6 Å². The van der Waals surface area contributed by atoms with Gasteiger partial charge in [-0.1, -0.05) is 32.0 Å². The van der Waals surface area contributed by atoms with Crippen molar-refractivity contribution in [2.45, 2.75) is 26.8 Å². The van der Waals surface area contributed by atoms with Crippen LogP contribution in [-0.4, -0.2) is 38.4 Å². The van der Waals surface area contributed by atoms with Gasteiger partial charge in [0.05, 0.1) is 29.3 Å². The maximum Gasteiger partial charge on any atom is 0.302 e. The number of ketones is 1. The van der Waals surface area contributed by atoms with Gasteiger partial charge in [-0.25, -0.2) is 4.98 Å². The highest BCUT2D eigenvalue weighted by Crippen LogP contribution is 2.41. The number of aromatic nitrogens is 3. The number of H-pyrrole nitrogens is 1. The second-order valence-electron chi connectivity index (χ2n) is 9.22. The van der Waals surface area contributed by atoms with Crippen LogP contribution in [0.4, 0.5) is 5.95 Å². The smallest absolute Gasteiger partial charge is 0.302 e. The van der Waals surface area contributed by atoms with Crippen molar-refractivity contribution in [2.24, 2.45) is 5.92 Å². The van der Waals surface area contributed by atoms with Crippen molar-refractivity contribution in [1.82, 2.24) is 15.0 Å². The van der Waals surface area contributed by atoms with Crippen LogP contribution in [0.3, 0.4) is 0 Å². The molecule has 2 aromatic heterocycles. The van der Waals surface area contributed by atoms with Gasteiger partial charge < -0.3 is 14.8 Å². The molecule has 5 rings (SSSR count). The molecule has 8 heteroatoms. The molecule has 1 aliphatic heterocycles. The summed E-state index contributed by atoms with van der Waals surface area (Å²) in [5, 5.41) is 11.4. The minimum atomic E-state index is -0.906. The fraction of sp³-hybridized carbons (Fsp3) is 0.214. The van der Waals surface area contributed by atoms with Crippen molar-refractivity contribution in [3.63, 3.8) is 0 Å². The third kappa shape index (κ3) is 4.11. The lowest BCUT2D eigenvalue weighted by molar-refractivity contribution is -0.132. The van der Waals surface area contributed by atoms with E-state index in [0.717, 1.165) is 11.1 Å². The predicted octanol–water partition coefficient (Wildman–Crippen LogP) is 4.93. The summed E-state index contributed by atoms with van der Waals surface area (Å²) < 4.78 is 5.84. The maximum absolute atomic E-state index is 13.3. The standard InChI is InChI=1S/C28H26N4O4/c1-16(2)15-36-22-11-10-18(13-17(22)3)25(33)23-24(19-7-6-12-29-14-19)32(27(35)26(23)34)28-30-20-8-4-5-9-21(20)31-28/h4-14,16,24,33H,15H2,1-3H3,(H,30,31)/b25-23+. The van der Waals surface area contributed by atoms with E-state index < -0.39 is 17.7 Å². The van der Waals surface area contributed by atoms with Gasteiger partial charge in [-0.05, 0) is 60.4 Å². The summed E-state index contributed by atoms with van der Waals surface area (Å²) in [5.41, 5.74) is 3.17. The molecule has 1 atom stereocenters. The molecule has 8 nitrogen and oxygen atoms in total. The third-order valence-corrected chi connectivity index (χ3v) is 6.07. The van der Waals surface area contributed by atoms with E-state index >= 15 is 0 Å². The van der Waals surface area contributed by atoms with Crippen LogP contribution in [0.25, 0.3) is 16.8 Å². The van der Waals surface area contributed by atoms with Crippen LogP contribution in [0.2, 0.25) is 0 Å². The highest BCUT2D eigenvalue weighted by Gasteiger charge is 2.48. The molecule has 3 heterocycles. The zero-order chi connectivity index (χ0) is 25.4. The fourth-order valence-corrected chi connectivity index (χ4v) is 4.33. The molecular weight excluding hydrogens is 456 g/mol. The number of aliphatic hydroxyl groups excluding tert-OH is 1. The van der Waals surface area contributed by atoms with E-state index in [9.17, 15) is 14.7 Å². The largest absolute Gasteiger partial charge is 0.507 e. The van der Waals surface area contributed by atoms with Gasteiger partial charge in [0.1, 0.15) is 11.5 Å². The van der Waals surface area contributed by atoms with Gasteiger partial charge in [0.2, 0.25) is 5.95 Å². The second-order valence-corrected chi connectivity index (χ2v) is 9.22. The second kappa shape index (κ2) is 9.30. The quantitative estimate of drug-likeness (QED) is 0.229. The Kier molecular flexibility index (Phi) is 6.01. The number of anilines is 1. The van der Waals surface area contributed by atoms with Crippen LogP contribution in [0.15, 0.2) is 72.6 Å². The molecule has 2 aromatic carbocycles. The molecular formula is C28H26N4O4. The number of aryl methyl sites for hydroxylation is 1. The Labute approximate surface area is 208 Å². The minimum Gasteiger partial charge on any atom is -0.507 e. The Balaban J connectivity index is 1.63.